The predicted molar refractivity (Wildman–Crippen MR) is 57.4 cm³/mol. The van der Waals surface area contributed by atoms with E-state index in [0.29, 0.717) is 13.1 Å². The van der Waals surface area contributed by atoms with Crippen molar-refractivity contribution in [3.63, 3.8) is 0 Å². The molecule has 0 radical (unpaired) electrons. The highest BCUT2D eigenvalue weighted by Gasteiger charge is 2.07. The van der Waals surface area contributed by atoms with Crippen molar-refractivity contribution in [3.8, 4) is 0 Å². The van der Waals surface area contributed by atoms with Crippen LogP contribution in [0.5, 0.6) is 0 Å². The second kappa shape index (κ2) is 5.62. The van der Waals surface area contributed by atoms with Gasteiger partial charge in [-0.15, -0.1) is 0 Å². The molecule has 0 saturated heterocycles. The van der Waals surface area contributed by atoms with E-state index in [-0.39, 0.29) is 12.7 Å². The number of para-hydroxylation sites is 1. The molecule has 0 saturated carbocycles. The summed E-state index contributed by atoms with van der Waals surface area (Å²) in [5, 5.41) is 18.2. The molecular weight excluding hydrogens is 178 g/mol. The van der Waals surface area contributed by atoms with Gasteiger partial charge in [0.2, 0.25) is 0 Å². The average Bonchev–Trinajstić information content (AvgIpc) is 2.18. The van der Waals surface area contributed by atoms with Crippen LogP contribution in [0.4, 0.5) is 5.69 Å². The minimum Gasteiger partial charge on any atom is -0.395 e. The maximum atomic E-state index is 9.29. The molecule has 0 aliphatic heterocycles. The van der Waals surface area contributed by atoms with Crippen LogP contribution in [0.25, 0.3) is 0 Å². The Bertz CT molecular complexity index is 249. The van der Waals surface area contributed by atoms with Gasteiger partial charge >= 0.3 is 0 Å². The highest BCUT2D eigenvalue weighted by molar-refractivity contribution is 5.45. The van der Waals surface area contributed by atoms with Crippen LogP contribution in [-0.4, -0.2) is 36.0 Å². The van der Waals surface area contributed by atoms with Gasteiger partial charge in [0.25, 0.3) is 0 Å². The van der Waals surface area contributed by atoms with Gasteiger partial charge in [-0.2, -0.15) is 0 Å². The lowest BCUT2D eigenvalue weighted by atomic mass is 10.2. The lowest BCUT2D eigenvalue weighted by Gasteiger charge is -2.25. The molecule has 0 fully saturated rings. The Balaban J connectivity index is 2.67. The number of aliphatic hydroxyl groups is 2. The number of hydrogen-bond acceptors (Lipinski definition) is 3. The largest absolute Gasteiger partial charge is 0.395 e. The van der Waals surface area contributed by atoms with E-state index >= 15 is 0 Å². The van der Waals surface area contributed by atoms with E-state index < -0.39 is 0 Å². The Hall–Kier alpha value is -1.06. The fourth-order valence-corrected chi connectivity index (χ4v) is 1.40. The summed E-state index contributed by atoms with van der Waals surface area (Å²) in [5.74, 6) is 0. The summed E-state index contributed by atoms with van der Waals surface area (Å²) in [6, 6.07) is 9.78. The zero-order valence-corrected chi connectivity index (χ0v) is 8.43. The first kappa shape index (κ1) is 11.0. The van der Waals surface area contributed by atoms with Crippen molar-refractivity contribution in [2.45, 2.75) is 13.0 Å². The molecular formula is C11H17NO2. The summed E-state index contributed by atoms with van der Waals surface area (Å²) in [5.41, 5.74) is 1.03. The van der Waals surface area contributed by atoms with E-state index in [9.17, 15) is 5.11 Å². The number of nitrogens with zero attached hydrogens (tertiary/aromatic N) is 1. The molecule has 1 unspecified atom stereocenters. The second-order valence-electron chi connectivity index (χ2n) is 3.35. The van der Waals surface area contributed by atoms with Crippen LogP contribution < -0.4 is 4.90 Å². The van der Waals surface area contributed by atoms with E-state index in [4.69, 9.17) is 5.11 Å². The average molecular weight is 195 g/mol. The van der Waals surface area contributed by atoms with Crippen molar-refractivity contribution in [3.05, 3.63) is 30.3 Å². The first-order valence-corrected chi connectivity index (χ1v) is 4.83. The first-order valence-electron chi connectivity index (χ1n) is 4.83. The maximum absolute atomic E-state index is 9.29. The van der Waals surface area contributed by atoms with Crippen LogP contribution in [0.2, 0.25) is 0 Å². The van der Waals surface area contributed by atoms with Gasteiger partial charge in [0.05, 0.1) is 12.7 Å². The molecule has 3 heteroatoms. The lowest BCUT2D eigenvalue weighted by Crippen LogP contribution is -2.33. The summed E-state index contributed by atoms with van der Waals surface area (Å²) in [7, 11) is 0. The van der Waals surface area contributed by atoms with Crippen LogP contribution in [0.15, 0.2) is 30.3 Å². The Morgan fingerprint density at radius 1 is 1.29 bits per heavy atom. The van der Waals surface area contributed by atoms with Crippen molar-refractivity contribution < 1.29 is 10.2 Å². The smallest absolute Gasteiger partial charge is 0.0687 e. The molecule has 1 rings (SSSR count). The quantitative estimate of drug-likeness (QED) is 0.732. The van der Waals surface area contributed by atoms with Gasteiger partial charge in [-0.3, -0.25) is 0 Å². The minimum atomic E-state index is -0.387. The Kier molecular flexibility index (Phi) is 4.43. The first-order chi connectivity index (χ1) is 6.74. The van der Waals surface area contributed by atoms with Crippen LogP contribution >= 0.6 is 0 Å². The summed E-state index contributed by atoms with van der Waals surface area (Å²) in [4.78, 5) is 1.96. The molecule has 0 aliphatic rings. The summed E-state index contributed by atoms with van der Waals surface area (Å²) >= 11 is 0. The molecule has 0 amide bonds. The predicted octanol–water partition coefficient (Wildman–Crippen LogP) is 0.866. The number of anilines is 1. The third-order valence-corrected chi connectivity index (χ3v) is 1.98. The molecule has 1 aromatic rings. The number of benzene rings is 1. The molecule has 0 bridgehead atoms. The van der Waals surface area contributed by atoms with E-state index in [1.807, 2.05) is 35.2 Å². The molecule has 0 spiro atoms. The van der Waals surface area contributed by atoms with E-state index in [2.05, 4.69) is 0 Å². The SMILES string of the molecule is CC(O)CN(CCO)c1ccccc1. The van der Waals surface area contributed by atoms with Gasteiger partial charge < -0.3 is 15.1 Å². The monoisotopic (exact) mass is 195 g/mol. The van der Waals surface area contributed by atoms with Crippen molar-refractivity contribution in [2.24, 2.45) is 0 Å². The summed E-state index contributed by atoms with van der Waals surface area (Å²) < 4.78 is 0. The topological polar surface area (TPSA) is 43.7 Å². The standard InChI is InChI=1S/C11H17NO2/c1-10(14)9-12(7-8-13)11-5-3-2-4-6-11/h2-6,10,13-14H,7-9H2,1H3. The second-order valence-corrected chi connectivity index (χ2v) is 3.35. The highest BCUT2D eigenvalue weighted by atomic mass is 16.3. The van der Waals surface area contributed by atoms with Gasteiger partial charge in [-0.05, 0) is 19.1 Å². The molecule has 1 aromatic carbocycles. The molecule has 14 heavy (non-hydrogen) atoms. The fraction of sp³-hybridized carbons (Fsp3) is 0.455. The Morgan fingerprint density at radius 3 is 2.43 bits per heavy atom. The lowest BCUT2D eigenvalue weighted by molar-refractivity contribution is 0.197. The fourth-order valence-electron chi connectivity index (χ4n) is 1.40. The number of aliphatic hydroxyl groups excluding tert-OH is 2. The molecule has 0 aromatic heterocycles. The van der Waals surface area contributed by atoms with Crippen LogP contribution in [0.3, 0.4) is 0 Å². The van der Waals surface area contributed by atoms with Crippen molar-refractivity contribution in [1.82, 2.24) is 0 Å². The highest BCUT2D eigenvalue weighted by Crippen LogP contribution is 2.12. The third kappa shape index (κ3) is 3.36. The Morgan fingerprint density at radius 2 is 1.93 bits per heavy atom. The molecule has 1 atom stereocenters. The maximum Gasteiger partial charge on any atom is 0.0687 e. The van der Waals surface area contributed by atoms with Gasteiger partial charge in [-0.25, -0.2) is 0 Å². The van der Waals surface area contributed by atoms with Gasteiger partial charge in [0.15, 0.2) is 0 Å². The van der Waals surface area contributed by atoms with Gasteiger partial charge in [-0.1, -0.05) is 18.2 Å². The van der Waals surface area contributed by atoms with E-state index in [1.165, 1.54) is 0 Å². The van der Waals surface area contributed by atoms with Crippen molar-refractivity contribution in [2.75, 3.05) is 24.6 Å². The van der Waals surface area contributed by atoms with Crippen molar-refractivity contribution >= 4 is 5.69 Å². The molecule has 3 nitrogen and oxygen atoms in total. The van der Waals surface area contributed by atoms with Crippen molar-refractivity contribution in [1.29, 1.82) is 0 Å². The van der Waals surface area contributed by atoms with Gasteiger partial charge in [0, 0.05) is 18.8 Å². The zero-order valence-electron chi connectivity index (χ0n) is 8.43. The van der Waals surface area contributed by atoms with E-state index in [1.54, 1.807) is 6.92 Å². The molecule has 2 N–H and O–H groups in total. The normalized spacial score (nSPS) is 12.5. The molecule has 0 aliphatic carbocycles. The van der Waals surface area contributed by atoms with Crippen LogP contribution in [0.1, 0.15) is 6.92 Å². The zero-order chi connectivity index (χ0) is 10.4. The molecule has 78 valence electrons. The number of hydrogen-bond donors (Lipinski definition) is 2. The summed E-state index contributed by atoms with van der Waals surface area (Å²) in [6.45, 7) is 2.94. The molecule has 0 heterocycles. The Labute approximate surface area is 84.6 Å². The number of rotatable bonds is 5. The minimum absolute atomic E-state index is 0.0988. The van der Waals surface area contributed by atoms with Crippen LogP contribution in [-0.2, 0) is 0 Å². The summed E-state index contributed by atoms with van der Waals surface area (Å²) in [6.07, 6.45) is -0.387. The van der Waals surface area contributed by atoms with Crippen LogP contribution in [0, 0.1) is 0 Å². The third-order valence-electron chi connectivity index (χ3n) is 1.98. The van der Waals surface area contributed by atoms with Gasteiger partial charge in [0.1, 0.15) is 0 Å². The van der Waals surface area contributed by atoms with E-state index in [0.717, 1.165) is 5.69 Å².